The molecule has 186 valence electrons. The van der Waals surface area contributed by atoms with Crippen LogP contribution in [0.4, 0.5) is 0 Å². The van der Waals surface area contributed by atoms with E-state index in [1.807, 2.05) is 45.0 Å². The van der Waals surface area contributed by atoms with Crippen molar-refractivity contribution in [1.29, 1.82) is 0 Å². The van der Waals surface area contributed by atoms with Crippen molar-refractivity contribution in [3.63, 3.8) is 0 Å². The van der Waals surface area contributed by atoms with E-state index in [-0.39, 0.29) is 11.7 Å². The Bertz CT molecular complexity index is 1230. The van der Waals surface area contributed by atoms with Crippen molar-refractivity contribution in [3.8, 4) is 11.5 Å². The average molecular weight is 481 g/mol. The van der Waals surface area contributed by atoms with Gasteiger partial charge in [-0.3, -0.25) is 4.79 Å². The van der Waals surface area contributed by atoms with Gasteiger partial charge >= 0.3 is 5.97 Å². The van der Waals surface area contributed by atoms with Crippen LogP contribution in [0, 0.1) is 23.2 Å². The summed E-state index contributed by atoms with van der Waals surface area (Å²) < 4.78 is 5.63. The molecule has 0 aromatic heterocycles. The zero-order chi connectivity index (χ0) is 25.3. The molecule has 3 aromatic rings. The lowest BCUT2D eigenvalue weighted by atomic mass is 9.79. The summed E-state index contributed by atoms with van der Waals surface area (Å²) in [7, 11) is 0. The molecule has 2 aliphatic rings. The van der Waals surface area contributed by atoms with E-state index in [0.29, 0.717) is 11.7 Å². The van der Waals surface area contributed by atoms with E-state index in [1.54, 1.807) is 12.1 Å². The monoisotopic (exact) mass is 480 g/mol. The minimum atomic E-state index is -0.559. The largest absolute Gasteiger partial charge is 0.508 e. The van der Waals surface area contributed by atoms with Gasteiger partial charge in [-0.05, 0) is 116 Å². The fourth-order valence-corrected chi connectivity index (χ4v) is 5.99. The molecule has 3 atom stereocenters. The van der Waals surface area contributed by atoms with Gasteiger partial charge in [0.05, 0.1) is 5.41 Å². The van der Waals surface area contributed by atoms with Crippen molar-refractivity contribution in [3.05, 3.63) is 95.6 Å². The summed E-state index contributed by atoms with van der Waals surface area (Å²) in [5.41, 5.74) is 5.37. The van der Waals surface area contributed by atoms with E-state index < -0.39 is 5.41 Å². The van der Waals surface area contributed by atoms with Gasteiger partial charge in [-0.15, -0.1) is 0 Å². The molecule has 3 aromatic carbocycles. The lowest BCUT2D eigenvalue weighted by Crippen LogP contribution is -2.25. The number of carbonyl (C=O) groups excluding carboxylic acids is 1. The summed E-state index contributed by atoms with van der Waals surface area (Å²) in [6, 6.07) is 26.1. The van der Waals surface area contributed by atoms with Crippen molar-refractivity contribution < 1.29 is 14.6 Å². The van der Waals surface area contributed by atoms with Crippen LogP contribution in [-0.4, -0.2) is 11.1 Å². The lowest BCUT2D eigenvalue weighted by molar-refractivity contribution is -0.142. The summed E-state index contributed by atoms with van der Waals surface area (Å²) in [6.07, 6.45) is 6.51. The summed E-state index contributed by atoms with van der Waals surface area (Å²) >= 11 is 0. The number of allylic oxidation sites excluding steroid dienone is 1. The van der Waals surface area contributed by atoms with Crippen LogP contribution in [0.1, 0.15) is 69.6 Å². The van der Waals surface area contributed by atoms with E-state index in [2.05, 4.69) is 42.5 Å². The molecule has 5 rings (SSSR count). The second-order valence-electron chi connectivity index (χ2n) is 11.6. The number of esters is 1. The predicted molar refractivity (Wildman–Crippen MR) is 146 cm³/mol. The van der Waals surface area contributed by atoms with Crippen molar-refractivity contribution in [2.45, 2.75) is 52.9 Å². The summed E-state index contributed by atoms with van der Waals surface area (Å²) in [6.45, 7) is 5.57. The first-order valence-corrected chi connectivity index (χ1v) is 13.2. The number of rotatable bonds is 6. The van der Waals surface area contributed by atoms with Gasteiger partial charge in [-0.1, -0.05) is 61.0 Å². The summed E-state index contributed by atoms with van der Waals surface area (Å²) in [4.78, 5) is 12.4. The van der Waals surface area contributed by atoms with Gasteiger partial charge in [-0.2, -0.15) is 0 Å². The van der Waals surface area contributed by atoms with Crippen molar-refractivity contribution >= 4 is 17.1 Å². The molecule has 2 fully saturated rings. The number of ether oxygens (including phenoxy) is 1. The van der Waals surface area contributed by atoms with Crippen molar-refractivity contribution in [2.24, 2.45) is 23.2 Å². The van der Waals surface area contributed by atoms with E-state index in [4.69, 9.17) is 4.74 Å². The molecule has 2 bridgehead atoms. The fourth-order valence-electron chi connectivity index (χ4n) is 5.99. The highest BCUT2D eigenvalue weighted by molar-refractivity contribution is 5.98. The average Bonchev–Trinajstić information content (AvgIpc) is 3.49. The van der Waals surface area contributed by atoms with E-state index in [0.717, 1.165) is 29.4 Å². The summed E-state index contributed by atoms with van der Waals surface area (Å²) in [5.74, 6) is 3.00. The first-order valence-electron chi connectivity index (χ1n) is 13.2. The molecule has 2 aliphatic carbocycles. The van der Waals surface area contributed by atoms with Crippen LogP contribution in [0.3, 0.4) is 0 Å². The second-order valence-corrected chi connectivity index (χ2v) is 11.6. The lowest BCUT2D eigenvalue weighted by Gasteiger charge is -2.26. The Kier molecular flexibility index (Phi) is 6.75. The number of fused-ring (bicyclic) bond motifs is 2. The molecular weight excluding hydrogens is 444 g/mol. The minimum Gasteiger partial charge on any atom is -0.508 e. The van der Waals surface area contributed by atoms with Gasteiger partial charge in [0.15, 0.2) is 0 Å². The maximum atomic E-state index is 12.4. The van der Waals surface area contributed by atoms with Gasteiger partial charge in [0.2, 0.25) is 0 Å². The first kappa shape index (κ1) is 24.4. The molecule has 2 saturated carbocycles. The molecule has 0 heterocycles. The number of phenolic OH excluding ortho intramolecular Hbond substituents is 1. The second kappa shape index (κ2) is 9.97. The predicted octanol–water partition coefficient (Wildman–Crippen LogP) is 8.13. The van der Waals surface area contributed by atoms with Crippen LogP contribution in [0.5, 0.6) is 11.5 Å². The van der Waals surface area contributed by atoms with Gasteiger partial charge in [0.1, 0.15) is 11.5 Å². The highest BCUT2D eigenvalue weighted by atomic mass is 16.5. The third-order valence-electron chi connectivity index (χ3n) is 7.90. The Labute approximate surface area is 214 Å². The number of aromatic hydroxyl groups is 1. The third-order valence-corrected chi connectivity index (χ3v) is 7.90. The van der Waals surface area contributed by atoms with Crippen LogP contribution >= 0.6 is 0 Å². The zero-order valence-corrected chi connectivity index (χ0v) is 21.5. The van der Waals surface area contributed by atoms with Crippen LogP contribution in [0.15, 0.2) is 78.9 Å². The van der Waals surface area contributed by atoms with Gasteiger partial charge in [0, 0.05) is 0 Å². The molecule has 3 unspecified atom stereocenters. The maximum absolute atomic E-state index is 12.4. The Morgan fingerprint density at radius 3 is 2.03 bits per heavy atom. The highest BCUT2D eigenvalue weighted by Crippen LogP contribution is 2.52. The normalized spacial score (nSPS) is 21.8. The van der Waals surface area contributed by atoms with Crippen molar-refractivity contribution in [1.82, 2.24) is 0 Å². The Morgan fingerprint density at radius 1 is 0.833 bits per heavy atom. The van der Waals surface area contributed by atoms with Crippen LogP contribution < -0.4 is 4.74 Å². The molecule has 3 nitrogen and oxygen atoms in total. The van der Waals surface area contributed by atoms with Crippen LogP contribution in [0.2, 0.25) is 0 Å². The van der Waals surface area contributed by atoms with E-state index in [9.17, 15) is 9.90 Å². The van der Waals surface area contributed by atoms with Gasteiger partial charge in [0.25, 0.3) is 0 Å². The third kappa shape index (κ3) is 5.26. The standard InChI is InChI=1S/C33H36O3/c1-33(2,3)32(35)36-29-17-13-25(14-18-29)31(24-11-15-28(34)16-12-24)30(23-7-5-4-6-8-23)21-27-20-22-9-10-26(27)19-22/h4-8,11-18,22,26-27,34H,9-10,19-21H2,1-3H3/b31-30-. The molecule has 0 radical (unpaired) electrons. The van der Waals surface area contributed by atoms with E-state index in [1.165, 1.54) is 42.4 Å². The topological polar surface area (TPSA) is 46.5 Å². The zero-order valence-electron chi connectivity index (χ0n) is 21.5. The Morgan fingerprint density at radius 2 is 1.47 bits per heavy atom. The summed E-state index contributed by atoms with van der Waals surface area (Å²) in [5, 5.41) is 9.99. The maximum Gasteiger partial charge on any atom is 0.316 e. The molecule has 1 N–H and O–H groups in total. The quantitative estimate of drug-likeness (QED) is 0.220. The Balaban J connectivity index is 1.59. The first-order chi connectivity index (χ1) is 17.3. The number of phenols is 1. The SMILES string of the molecule is CC(C)(C)C(=O)Oc1ccc(/C(=C(/CC2CC3CCC2C3)c2ccccc2)c2ccc(O)cc2)cc1. The van der Waals surface area contributed by atoms with Gasteiger partial charge < -0.3 is 9.84 Å². The number of benzene rings is 3. The molecular formula is C33H36O3. The van der Waals surface area contributed by atoms with Crippen molar-refractivity contribution in [2.75, 3.05) is 0 Å². The van der Waals surface area contributed by atoms with E-state index >= 15 is 0 Å². The number of carbonyl (C=O) groups is 1. The molecule has 0 spiro atoms. The molecule has 3 heteroatoms. The highest BCUT2D eigenvalue weighted by Gasteiger charge is 2.40. The number of hydrogen-bond acceptors (Lipinski definition) is 3. The van der Waals surface area contributed by atoms with Crippen LogP contribution in [0.25, 0.3) is 11.1 Å². The molecule has 36 heavy (non-hydrogen) atoms. The Hall–Kier alpha value is -3.33. The molecule has 0 aliphatic heterocycles. The van der Waals surface area contributed by atoms with Crippen LogP contribution in [-0.2, 0) is 4.79 Å². The molecule has 0 amide bonds. The van der Waals surface area contributed by atoms with Gasteiger partial charge in [-0.25, -0.2) is 0 Å². The minimum absolute atomic E-state index is 0.245. The number of hydrogen-bond donors (Lipinski definition) is 1. The smallest absolute Gasteiger partial charge is 0.316 e. The molecule has 0 saturated heterocycles. The fraction of sp³-hybridized carbons (Fsp3) is 0.364.